The summed E-state index contributed by atoms with van der Waals surface area (Å²) in [6, 6.07) is 8.20. The Morgan fingerprint density at radius 3 is 2.60 bits per heavy atom. The number of ether oxygens (including phenoxy) is 2. The van der Waals surface area contributed by atoms with Gasteiger partial charge in [-0.1, -0.05) is 6.07 Å². The Balaban J connectivity index is 1.56. The first-order valence-electron chi connectivity index (χ1n) is 7.80. The number of sulfonamides is 1. The van der Waals surface area contributed by atoms with E-state index in [9.17, 15) is 17.2 Å². The van der Waals surface area contributed by atoms with E-state index in [1.54, 1.807) is 0 Å². The first-order valence-corrected chi connectivity index (χ1v) is 9.24. The Labute approximate surface area is 143 Å². The van der Waals surface area contributed by atoms with E-state index in [4.69, 9.17) is 9.47 Å². The summed E-state index contributed by atoms with van der Waals surface area (Å²) in [7, 11) is -3.86. The second-order valence-corrected chi connectivity index (χ2v) is 7.98. The lowest BCUT2D eigenvalue weighted by molar-refractivity contribution is 0.174. The predicted octanol–water partition coefficient (Wildman–Crippen LogP) is 2.87. The lowest BCUT2D eigenvalue weighted by atomic mass is 9.98. The van der Waals surface area contributed by atoms with Crippen LogP contribution in [0.4, 0.5) is 8.78 Å². The molecule has 1 unspecified atom stereocenters. The third-order valence-electron chi connectivity index (χ3n) is 4.55. The Morgan fingerprint density at radius 1 is 1.00 bits per heavy atom. The molecule has 0 bridgehead atoms. The van der Waals surface area contributed by atoms with Gasteiger partial charge in [0.2, 0.25) is 16.8 Å². The molecule has 2 aromatic carbocycles. The van der Waals surface area contributed by atoms with Gasteiger partial charge in [-0.3, -0.25) is 0 Å². The minimum Gasteiger partial charge on any atom is -0.454 e. The summed E-state index contributed by atoms with van der Waals surface area (Å²) >= 11 is 0. The molecule has 1 fully saturated rings. The van der Waals surface area contributed by atoms with E-state index in [2.05, 4.69) is 0 Å². The molecule has 2 aromatic rings. The molecular formula is C17H15F2NO4S. The number of fused-ring (bicyclic) bond motifs is 1. The maximum Gasteiger partial charge on any atom is 0.243 e. The van der Waals surface area contributed by atoms with Gasteiger partial charge in [0.25, 0.3) is 0 Å². The molecule has 2 aliphatic heterocycles. The van der Waals surface area contributed by atoms with Crippen LogP contribution >= 0.6 is 0 Å². The fourth-order valence-corrected chi connectivity index (χ4v) is 4.68. The topological polar surface area (TPSA) is 55.8 Å². The smallest absolute Gasteiger partial charge is 0.243 e. The van der Waals surface area contributed by atoms with Crippen LogP contribution in [-0.2, 0) is 10.0 Å². The minimum absolute atomic E-state index is 0.00886. The fourth-order valence-electron chi connectivity index (χ4n) is 3.17. The molecule has 2 aliphatic rings. The zero-order valence-corrected chi connectivity index (χ0v) is 13.9. The van der Waals surface area contributed by atoms with Crippen LogP contribution in [0.5, 0.6) is 11.5 Å². The van der Waals surface area contributed by atoms with Crippen molar-refractivity contribution >= 4 is 10.0 Å². The Kier molecular flexibility index (Phi) is 3.88. The van der Waals surface area contributed by atoms with Crippen LogP contribution < -0.4 is 9.47 Å². The van der Waals surface area contributed by atoms with Gasteiger partial charge in [-0.2, -0.15) is 4.31 Å². The summed E-state index contributed by atoms with van der Waals surface area (Å²) in [5.74, 6) is -0.909. The maximum absolute atomic E-state index is 13.4. The molecular weight excluding hydrogens is 352 g/mol. The quantitative estimate of drug-likeness (QED) is 0.837. The van der Waals surface area contributed by atoms with Gasteiger partial charge in [-0.05, 0) is 48.2 Å². The summed E-state index contributed by atoms with van der Waals surface area (Å²) in [6.45, 7) is 0.779. The third kappa shape index (κ3) is 2.85. The predicted molar refractivity (Wildman–Crippen MR) is 85.0 cm³/mol. The molecule has 0 spiro atoms. The average Bonchev–Trinajstić information content (AvgIpc) is 3.25. The molecule has 0 N–H and O–H groups in total. The summed E-state index contributed by atoms with van der Waals surface area (Å²) in [4.78, 5) is -0.238. The highest BCUT2D eigenvalue weighted by Crippen LogP contribution is 2.38. The van der Waals surface area contributed by atoms with E-state index in [1.165, 1.54) is 4.31 Å². The molecule has 0 amide bonds. The number of benzene rings is 2. The van der Waals surface area contributed by atoms with Crippen molar-refractivity contribution in [2.75, 3.05) is 19.9 Å². The SMILES string of the molecule is O=S(=O)(c1ccc(F)c(F)c1)N1CCC(c2ccc3c(c2)OCO3)C1. The third-order valence-corrected chi connectivity index (χ3v) is 6.41. The zero-order chi connectivity index (χ0) is 17.6. The Hall–Kier alpha value is -2.19. The normalized spacial score (nSPS) is 20.2. The first kappa shape index (κ1) is 16.3. The molecule has 132 valence electrons. The Bertz CT molecular complexity index is 932. The highest BCUT2D eigenvalue weighted by atomic mass is 32.2. The number of rotatable bonds is 3. The number of nitrogens with zero attached hydrogens (tertiary/aromatic N) is 1. The molecule has 1 saturated heterocycles. The van der Waals surface area contributed by atoms with Crippen molar-refractivity contribution in [1.29, 1.82) is 0 Å². The van der Waals surface area contributed by atoms with Gasteiger partial charge in [0.15, 0.2) is 23.1 Å². The van der Waals surface area contributed by atoms with E-state index in [-0.39, 0.29) is 24.2 Å². The van der Waals surface area contributed by atoms with E-state index < -0.39 is 21.7 Å². The average molecular weight is 367 g/mol. The van der Waals surface area contributed by atoms with Crippen molar-refractivity contribution in [3.05, 3.63) is 53.6 Å². The van der Waals surface area contributed by atoms with E-state index in [1.807, 2.05) is 18.2 Å². The molecule has 5 nitrogen and oxygen atoms in total. The standard InChI is InChI=1S/C17H15F2NO4S/c18-14-3-2-13(8-15(14)19)25(21,22)20-6-5-12(9-20)11-1-4-16-17(7-11)24-10-23-16/h1-4,7-8,12H,5-6,9-10H2. The molecule has 4 rings (SSSR count). The second kappa shape index (κ2) is 5.96. The van der Waals surface area contributed by atoms with Crippen molar-refractivity contribution in [2.45, 2.75) is 17.2 Å². The van der Waals surface area contributed by atoms with Gasteiger partial charge >= 0.3 is 0 Å². The molecule has 1 atom stereocenters. The Morgan fingerprint density at radius 2 is 1.80 bits per heavy atom. The number of halogens is 2. The molecule has 0 saturated carbocycles. The van der Waals surface area contributed by atoms with Gasteiger partial charge in [0, 0.05) is 13.1 Å². The van der Waals surface area contributed by atoms with Crippen molar-refractivity contribution in [3.63, 3.8) is 0 Å². The van der Waals surface area contributed by atoms with E-state index in [0.717, 1.165) is 23.8 Å². The van der Waals surface area contributed by atoms with Crippen molar-refractivity contribution in [1.82, 2.24) is 4.31 Å². The zero-order valence-electron chi connectivity index (χ0n) is 13.1. The molecule has 2 heterocycles. The highest BCUT2D eigenvalue weighted by molar-refractivity contribution is 7.89. The van der Waals surface area contributed by atoms with Gasteiger partial charge < -0.3 is 9.47 Å². The maximum atomic E-state index is 13.4. The van der Waals surface area contributed by atoms with Crippen molar-refractivity contribution < 1.29 is 26.7 Å². The number of hydrogen-bond acceptors (Lipinski definition) is 4. The van der Waals surface area contributed by atoms with E-state index >= 15 is 0 Å². The highest BCUT2D eigenvalue weighted by Gasteiger charge is 2.34. The molecule has 0 radical (unpaired) electrons. The summed E-state index contributed by atoms with van der Waals surface area (Å²) in [5.41, 5.74) is 0.965. The van der Waals surface area contributed by atoms with Crippen LogP contribution in [0, 0.1) is 11.6 Å². The van der Waals surface area contributed by atoms with Crippen LogP contribution in [0.2, 0.25) is 0 Å². The van der Waals surface area contributed by atoms with Gasteiger partial charge in [0.1, 0.15) is 0 Å². The largest absolute Gasteiger partial charge is 0.454 e. The first-order chi connectivity index (χ1) is 11.9. The molecule has 0 aromatic heterocycles. The van der Waals surface area contributed by atoms with Crippen LogP contribution in [0.15, 0.2) is 41.3 Å². The van der Waals surface area contributed by atoms with Crippen molar-refractivity contribution in [3.8, 4) is 11.5 Å². The monoisotopic (exact) mass is 367 g/mol. The lowest BCUT2D eigenvalue weighted by Crippen LogP contribution is -2.28. The lowest BCUT2D eigenvalue weighted by Gasteiger charge is -2.17. The van der Waals surface area contributed by atoms with Gasteiger partial charge in [0.05, 0.1) is 4.90 Å². The van der Waals surface area contributed by atoms with Crippen molar-refractivity contribution in [2.24, 2.45) is 0 Å². The molecule has 8 heteroatoms. The molecule has 25 heavy (non-hydrogen) atoms. The summed E-state index contributed by atoms with van der Waals surface area (Å²) in [6.07, 6.45) is 0.641. The van der Waals surface area contributed by atoms with Crippen LogP contribution in [0.1, 0.15) is 17.9 Å². The van der Waals surface area contributed by atoms with Crippen LogP contribution in [-0.4, -0.2) is 32.6 Å². The van der Waals surface area contributed by atoms with Gasteiger partial charge in [-0.15, -0.1) is 0 Å². The fraction of sp³-hybridized carbons (Fsp3) is 0.294. The van der Waals surface area contributed by atoms with Crippen LogP contribution in [0.25, 0.3) is 0 Å². The summed E-state index contributed by atoms with van der Waals surface area (Å²) < 4.78 is 63.7. The second-order valence-electron chi connectivity index (χ2n) is 6.04. The van der Waals surface area contributed by atoms with E-state index in [0.29, 0.717) is 24.5 Å². The molecule has 0 aliphatic carbocycles. The minimum atomic E-state index is -3.86. The van der Waals surface area contributed by atoms with Gasteiger partial charge in [-0.25, -0.2) is 17.2 Å². The summed E-state index contributed by atoms with van der Waals surface area (Å²) in [5, 5.41) is 0. The number of hydrogen-bond donors (Lipinski definition) is 0. The van der Waals surface area contributed by atoms with Crippen LogP contribution in [0.3, 0.4) is 0 Å².